The van der Waals surface area contributed by atoms with Crippen LogP contribution in [0.2, 0.25) is 0 Å². The first-order valence-electron chi connectivity index (χ1n) is 7.34. The van der Waals surface area contributed by atoms with Crippen molar-refractivity contribution in [3.8, 4) is 0 Å². The average molecular weight is 291 g/mol. The highest BCUT2D eigenvalue weighted by atomic mass is 16.4. The molecule has 0 saturated carbocycles. The van der Waals surface area contributed by atoms with Crippen LogP contribution >= 0.6 is 0 Å². The molecule has 0 aromatic carbocycles. The third-order valence-corrected chi connectivity index (χ3v) is 3.77. The lowest BCUT2D eigenvalue weighted by atomic mass is 10.1. The van der Waals surface area contributed by atoms with E-state index in [-0.39, 0.29) is 5.56 Å². The number of pyridine rings is 1. The van der Waals surface area contributed by atoms with Gasteiger partial charge in [-0.1, -0.05) is 19.8 Å². The van der Waals surface area contributed by atoms with Gasteiger partial charge in [0.25, 0.3) is 5.91 Å². The number of carbonyl (C=O) groups is 2. The van der Waals surface area contributed by atoms with E-state index in [1.807, 2.05) is 6.92 Å². The highest BCUT2D eigenvalue weighted by molar-refractivity contribution is 5.98. The molecule has 0 fully saturated rings. The quantitative estimate of drug-likeness (QED) is 0.709. The van der Waals surface area contributed by atoms with Crippen molar-refractivity contribution in [1.82, 2.24) is 4.98 Å². The maximum atomic E-state index is 11.6. The van der Waals surface area contributed by atoms with Crippen molar-refractivity contribution >= 4 is 17.7 Å². The predicted octanol–water partition coefficient (Wildman–Crippen LogP) is 1.72. The number of rotatable bonds is 7. The smallest absolute Gasteiger partial charge is 0.326 e. The van der Waals surface area contributed by atoms with Crippen LogP contribution in [-0.2, 0) is 17.6 Å². The summed E-state index contributed by atoms with van der Waals surface area (Å²) >= 11 is 0. The summed E-state index contributed by atoms with van der Waals surface area (Å²) < 4.78 is 0. The van der Waals surface area contributed by atoms with Gasteiger partial charge in [0.2, 0.25) is 0 Å². The number of fused-ring (bicyclic) bond motifs is 1. The Hall–Kier alpha value is -2.11. The van der Waals surface area contributed by atoms with E-state index in [9.17, 15) is 14.7 Å². The number of aliphatic carboxylic acids is 1. The maximum absolute atomic E-state index is 11.6. The van der Waals surface area contributed by atoms with E-state index in [4.69, 9.17) is 5.73 Å². The Kier molecular flexibility index (Phi) is 4.77. The summed E-state index contributed by atoms with van der Waals surface area (Å²) in [5.41, 5.74) is 7.64. The number of unbranched alkanes of at least 4 members (excludes halogenated alkanes) is 1. The van der Waals surface area contributed by atoms with Crippen molar-refractivity contribution in [2.24, 2.45) is 5.73 Å². The number of hydrogen-bond acceptors (Lipinski definition) is 4. The Morgan fingerprint density at radius 1 is 1.48 bits per heavy atom. The summed E-state index contributed by atoms with van der Waals surface area (Å²) in [6.07, 6.45) is 4.94. The van der Waals surface area contributed by atoms with E-state index in [1.165, 1.54) is 0 Å². The average Bonchev–Trinajstić information content (AvgIpc) is 2.89. The maximum Gasteiger partial charge on any atom is 0.326 e. The van der Waals surface area contributed by atoms with Gasteiger partial charge in [-0.15, -0.1) is 0 Å². The van der Waals surface area contributed by atoms with Crippen LogP contribution in [0.25, 0.3) is 0 Å². The molecule has 1 unspecified atom stereocenters. The molecule has 1 aromatic heterocycles. The van der Waals surface area contributed by atoms with Crippen LogP contribution < -0.4 is 11.1 Å². The molecule has 4 N–H and O–H groups in total. The van der Waals surface area contributed by atoms with Crippen LogP contribution in [0.15, 0.2) is 6.07 Å². The second-order valence-electron chi connectivity index (χ2n) is 5.39. The van der Waals surface area contributed by atoms with Crippen molar-refractivity contribution in [3.63, 3.8) is 0 Å². The topological polar surface area (TPSA) is 105 Å². The number of carboxylic acids is 1. The lowest BCUT2D eigenvalue weighted by Crippen LogP contribution is -2.31. The van der Waals surface area contributed by atoms with Crippen molar-refractivity contribution in [2.45, 2.75) is 51.5 Å². The molecule has 0 spiro atoms. The molecule has 0 aliphatic heterocycles. The fourth-order valence-electron chi connectivity index (χ4n) is 2.60. The molecule has 1 aromatic rings. The summed E-state index contributed by atoms with van der Waals surface area (Å²) in [7, 11) is 0. The van der Waals surface area contributed by atoms with Crippen LogP contribution in [0, 0.1) is 0 Å². The van der Waals surface area contributed by atoms with Crippen LogP contribution in [0.1, 0.15) is 54.2 Å². The largest absolute Gasteiger partial charge is 0.480 e. The van der Waals surface area contributed by atoms with Crippen molar-refractivity contribution in [2.75, 3.05) is 5.32 Å². The highest BCUT2D eigenvalue weighted by Crippen LogP contribution is 2.26. The molecule has 1 amide bonds. The molecule has 2 rings (SSSR count). The van der Waals surface area contributed by atoms with Gasteiger partial charge in [0.15, 0.2) is 0 Å². The Bertz CT molecular complexity index is 557. The molecule has 1 aliphatic carbocycles. The molecule has 0 radical (unpaired) electrons. The Morgan fingerprint density at radius 2 is 2.24 bits per heavy atom. The van der Waals surface area contributed by atoms with Crippen LogP contribution in [-0.4, -0.2) is 28.0 Å². The fourth-order valence-corrected chi connectivity index (χ4v) is 2.60. The van der Waals surface area contributed by atoms with Crippen molar-refractivity contribution < 1.29 is 14.7 Å². The minimum atomic E-state index is -0.943. The molecule has 114 valence electrons. The molecular formula is C15H21N3O3. The van der Waals surface area contributed by atoms with Gasteiger partial charge in [0, 0.05) is 5.69 Å². The molecular weight excluding hydrogens is 270 g/mol. The number of carbonyl (C=O) groups excluding carboxylic acids is 1. The Balaban J connectivity index is 2.28. The Labute approximate surface area is 123 Å². The molecule has 0 saturated heterocycles. The SMILES string of the molecule is CCCCC(Nc1nc2c(cc1C(N)=O)CCC2)C(=O)O. The number of hydrogen-bond donors (Lipinski definition) is 3. The second kappa shape index (κ2) is 6.56. The molecule has 21 heavy (non-hydrogen) atoms. The standard InChI is InChI=1S/C15H21N3O3/c1-2-3-6-12(15(20)21)18-14-10(13(16)19)8-9-5-4-7-11(9)17-14/h8,12H,2-7H2,1H3,(H2,16,19)(H,17,18)(H,20,21). The zero-order valence-electron chi connectivity index (χ0n) is 12.2. The van der Waals surface area contributed by atoms with E-state index in [2.05, 4.69) is 10.3 Å². The van der Waals surface area contributed by atoms with E-state index < -0.39 is 17.9 Å². The monoisotopic (exact) mass is 291 g/mol. The third kappa shape index (κ3) is 3.51. The molecule has 6 heteroatoms. The molecule has 0 bridgehead atoms. The summed E-state index contributed by atoms with van der Waals surface area (Å²) in [6, 6.07) is 0.994. The minimum absolute atomic E-state index is 0.276. The number of primary amides is 1. The summed E-state index contributed by atoms with van der Waals surface area (Å²) in [6.45, 7) is 2.00. The molecule has 1 atom stereocenters. The van der Waals surface area contributed by atoms with Gasteiger partial charge >= 0.3 is 5.97 Å². The zero-order chi connectivity index (χ0) is 15.4. The highest BCUT2D eigenvalue weighted by Gasteiger charge is 2.23. The summed E-state index contributed by atoms with van der Waals surface area (Å²) in [5.74, 6) is -1.23. The number of aryl methyl sites for hydroxylation is 2. The second-order valence-corrected chi connectivity index (χ2v) is 5.39. The van der Waals surface area contributed by atoms with Crippen LogP contribution in [0.5, 0.6) is 0 Å². The molecule has 6 nitrogen and oxygen atoms in total. The summed E-state index contributed by atoms with van der Waals surface area (Å²) in [4.78, 5) is 27.3. The van der Waals surface area contributed by atoms with Gasteiger partial charge in [-0.3, -0.25) is 4.79 Å². The number of nitrogens with two attached hydrogens (primary N) is 1. The molecule has 1 aliphatic rings. The van der Waals surface area contributed by atoms with Gasteiger partial charge in [0.1, 0.15) is 11.9 Å². The van der Waals surface area contributed by atoms with E-state index in [1.54, 1.807) is 6.07 Å². The van der Waals surface area contributed by atoms with Crippen molar-refractivity contribution in [3.05, 3.63) is 22.9 Å². The van der Waals surface area contributed by atoms with E-state index in [0.717, 1.165) is 43.4 Å². The van der Waals surface area contributed by atoms with Gasteiger partial charge in [-0.2, -0.15) is 0 Å². The number of nitrogens with zero attached hydrogens (tertiary/aromatic N) is 1. The minimum Gasteiger partial charge on any atom is -0.480 e. The first kappa shape index (κ1) is 15.3. The number of amides is 1. The van der Waals surface area contributed by atoms with E-state index >= 15 is 0 Å². The van der Waals surface area contributed by atoms with Crippen LogP contribution in [0.3, 0.4) is 0 Å². The molecule has 1 heterocycles. The Morgan fingerprint density at radius 3 is 2.86 bits per heavy atom. The van der Waals surface area contributed by atoms with Crippen LogP contribution in [0.4, 0.5) is 5.82 Å². The number of nitrogens with one attached hydrogen (secondary N) is 1. The lowest BCUT2D eigenvalue weighted by molar-refractivity contribution is -0.138. The van der Waals surface area contributed by atoms with Gasteiger partial charge < -0.3 is 16.2 Å². The normalized spacial score (nSPS) is 14.5. The first-order valence-corrected chi connectivity index (χ1v) is 7.34. The number of anilines is 1. The fraction of sp³-hybridized carbons (Fsp3) is 0.533. The van der Waals surface area contributed by atoms with E-state index in [0.29, 0.717) is 12.2 Å². The van der Waals surface area contributed by atoms with Gasteiger partial charge in [-0.25, -0.2) is 9.78 Å². The lowest BCUT2D eigenvalue weighted by Gasteiger charge is -2.17. The zero-order valence-corrected chi connectivity index (χ0v) is 12.2. The number of aromatic nitrogens is 1. The number of carboxylic acid groups (broad SMARTS) is 1. The van der Waals surface area contributed by atoms with Gasteiger partial charge in [0.05, 0.1) is 5.56 Å². The van der Waals surface area contributed by atoms with Crippen molar-refractivity contribution in [1.29, 1.82) is 0 Å². The predicted molar refractivity (Wildman–Crippen MR) is 79.4 cm³/mol. The summed E-state index contributed by atoms with van der Waals surface area (Å²) in [5, 5.41) is 12.2. The first-order chi connectivity index (χ1) is 10.0. The van der Waals surface area contributed by atoms with Gasteiger partial charge in [-0.05, 0) is 37.3 Å². The third-order valence-electron chi connectivity index (χ3n) is 3.77.